The molecule has 0 radical (unpaired) electrons. The Morgan fingerprint density at radius 3 is 2.50 bits per heavy atom. The minimum atomic E-state index is 0.289. The summed E-state index contributed by atoms with van der Waals surface area (Å²) in [6.45, 7) is 12.4. The van der Waals surface area contributed by atoms with Gasteiger partial charge in [-0.1, -0.05) is 32.4 Å². The summed E-state index contributed by atoms with van der Waals surface area (Å²) in [5.41, 5.74) is 16.0. The number of hydrogen-bond acceptors (Lipinski definition) is 3. The first-order valence-corrected chi connectivity index (χ1v) is 15.1. The summed E-state index contributed by atoms with van der Waals surface area (Å²) < 4.78 is 6.46. The van der Waals surface area contributed by atoms with Crippen LogP contribution in [0.3, 0.4) is 0 Å². The molecule has 0 aromatic heterocycles. The molecule has 5 rings (SSSR count). The molecule has 3 heteroatoms. The van der Waals surface area contributed by atoms with Crippen molar-refractivity contribution in [2.24, 2.45) is 46.3 Å². The van der Waals surface area contributed by atoms with E-state index in [2.05, 4.69) is 40.7 Å². The van der Waals surface area contributed by atoms with E-state index < -0.39 is 0 Å². The largest absolute Gasteiger partial charge is 0.488 e. The van der Waals surface area contributed by atoms with Crippen LogP contribution >= 0.6 is 0 Å². The summed E-state index contributed by atoms with van der Waals surface area (Å²) in [6.07, 6.45) is 17.7. The van der Waals surface area contributed by atoms with Gasteiger partial charge in [0.05, 0.1) is 11.8 Å². The molecule has 1 aromatic carbocycles. The summed E-state index contributed by atoms with van der Waals surface area (Å²) in [7, 11) is 0. The van der Waals surface area contributed by atoms with Crippen LogP contribution in [0.2, 0.25) is 0 Å². The fourth-order valence-electron chi connectivity index (χ4n) is 9.99. The molecule has 0 amide bonds. The molecule has 36 heavy (non-hydrogen) atoms. The quantitative estimate of drug-likeness (QED) is 0.308. The number of ether oxygens (including phenoxy) is 1. The molecule has 200 valence electrons. The van der Waals surface area contributed by atoms with Crippen LogP contribution < -0.4 is 16.2 Å². The van der Waals surface area contributed by atoms with Crippen LogP contribution in [0.25, 0.3) is 0 Å². The zero-order chi connectivity index (χ0) is 25.7. The molecule has 0 heterocycles. The summed E-state index contributed by atoms with van der Waals surface area (Å²) in [5.74, 6) is 6.20. The Morgan fingerprint density at radius 1 is 1.00 bits per heavy atom. The van der Waals surface area contributed by atoms with Crippen molar-refractivity contribution in [1.29, 1.82) is 0 Å². The first kappa shape index (κ1) is 26.0. The van der Waals surface area contributed by atoms with Gasteiger partial charge in [-0.2, -0.15) is 0 Å². The molecule has 4 saturated carbocycles. The summed E-state index contributed by atoms with van der Waals surface area (Å²) in [5, 5.41) is 0. The van der Waals surface area contributed by atoms with E-state index in [1.165, 1.54) is 69.8 Å². The van der Waals surface area contributed by atoms with E-state index in [0.717, 1.165) is 47.7 Å². The lowest BCUT2D eigenvalue weighted by atomic mass is 9.44. The van der Waals surface area contributed by atoms with Crippen molar-refractivity contribution in [1.82, 2.24) is 0 Å². The van der Waals surface area contributed by atoms with Crippen LogP contribution in [0.4, 0.5) is 11.4 Å². The van der Waals surface area contributed by atoms with Gasteiger partial charge in [-0.15, -0.1) is 0 Å². The highest BCUT2D eigenvalue weighted by atomic mass is 16.5. The van der Waals surface area contributed by atoms with E-state index in [9.17, 15) is 0 Å². The molecule has 4 aliphatic rings. The zero-order valence-electron chi connectivity index (χ0n) is 23.7. The van der Waals surface area contributed by atoms with Crippen LogP contribution in [-0.4, -0.2) is 6.10 Å². The Labute approximate surface area is 220 Å². The Balaban J connectivity index is 1.25. The number of anilines is 2. The van der Waals surface area contributed by atoms with E-state index in [0.29, 0.717) is 22.2 Å². The predicted octanol–water partition coefficient (Wildman–Crippen LogP) is 8.64. The zero-order valence-corrected chi connectivity index (χ0v) is 23.7. The summed E-state index contributed by atoms with van der Waals surface area (Å²) in [4.78, 5) is 0. The first-order valence-electron chi connectivity index (χ1n) is 15.1. The molecule has 0 saturated heterocycles. The van der Waals surface area contributed by atoms with Gasteiger partial charge in [0.2, 0.25) is 0 Å². The summed E-state index contributed by atoms with van der Waals surface area (Å²) in [6, 6.07) is 5.68. The average molecular weight is 493 g/mol. The third-order valence-electron chi connectivity index (χ3n) is 11.9. The smallest absolute Gasteiger partial charge is 0.142 e. The van der Waals surface area contributed by atoms with Crippen molar-refractivity contribution >= 4 is 11.4 Å². The number of rotatable bonds is 6. The highest BCUT2D eigenvalue weighted by molar-refractivity contribution is 5.60. The number of hydrogen-bond donors (Lipinski definition) is 2. The monoisotopic (exact) mass is 492 g/mol. The van der Waals surface area contributed by atoms with E-state index >= 15 is 0 Å². The van der Waals surface area contributed by atoms with Gasteiger partial charge < -0.3 is 16.2 Å². The van der Waals surface area contributed by atoms with Gasteiger partial charge in [0, 0.05) is 5.69 Å². The molecular formula is C33H52N2O. The first-order chi connectivity index (χ1) is 17.1. The maximum atomic E-state index is 6.46. The highest BCUT2D eigenvalue weighted by Gasteiger charge is 2.60. The lowest BCUT2D eigenvalue weighted by Crippen LogP contribution is -2.54. The minimum absolute atomic E-state index is 0.289. The topological polar surface area (TPSA) is 61.3 Å². The van der Waals surface area contributed by atoms with Crippen molar-refractivity contribution in [3.8, 4) is 5.75 Å². The normalized spacial score (nSPS) is 40.5. The van der Waals surface area contributed by atoms with Crippen LogP contribution in [0.5, 0.6) is 5.75 Å². The molecule has 9 atom stereocenters. The van der Waals surface area contributed by atoms with E-state index in [1.54, 1.807) is 0 Å². The number of nitrogen functional groups attached to an aromatic ring is 2. The second kappa shape index (κ2) is 9.91. The van der Waals surface area contributed by atoms with Crippen LogP contribution in [0.15, 0.2) is 29.8 Å². The predicted molar refractivity (Wildman–Crippen MR) is 153 cm³/mol. The minimum Gasteiger partial charge on any atom is -0.488 e. The maximum Gasteiger partial charge on any atom is 0.142 e. The highest BCUT2D eigenvalue weighted by Crippen LogP contribution is 2.68. The average Bonchev–Trinajstić information content (AvgIpc) is 3.18. The summed E-state index contributed by atoms with van der Waals surface area (Å²) >= 11 is 0. The lowest BCUT2D eigenvalue weighted by Gasteiger charge is -2.61. The van der Waals surface area contributed by atoms with Crippen molar-refractivity contribution in [2.75, 3.05) is 11.5 Å². The molecular weight excluding hydrogens is 440 g/mol. The van der Waals surface area contributed by atoms with E-state index in [-0.39, 0.29) is 6.10 Å². The fourth-order valence-corrected chi connectivity index (χ4v) is 9.99. The van der Waals surface area contributed by atoms with Crippen molar-refractivity contribution in [3.63, 3.8) is 0 Å². The van der Waals surface area contributed by atoms with Crippen molar-refractivity contribution in [3.05, 3.63) is 29.8 Å². The lowest BCUT2D eigenvalue weighted by molar-refractivity contribution is -0.126. The van der Waals surface area contributed by atoms with Gasteiger partial charge in [0.25, 0.3) is 0 Å². The van der Waals surface area contributed by atoms with Crippen LogP contribution in [-0.2, 0) is 0 Å². The van der Waals surface area contributed by atoms with Gasteiger partial charge in [0.15, 0.2) is 0 Å². The third kappa shape index (κ3) is 4.58. The van der Waals surface area contributed by atoms with Crippen molar-refractivity contribution in [2.45, 2.75) is 111 Å². The number of benzene rings is 1. The number of allylic oxidation sites excluding steroid dienone is 2. The molecule has 4 aliphatic carbocycles. The second-order valence-electron chi connectivity index (χ2n) is 14.0. The standard InChI is InChI=1S/C33H52N2O/c1-21(2)7-6-8-22(3)27-12-13-28-26-11-9-23-19-25(36-31-14-10-24(34)20-30(31)35)15-17-32(23,4)29(26)16-18-33(27,28)5/h7,10,14,20,22-23,25-29H,6,8-9,11-13,15-19,34-35H2,1-5H3/t22?,23?,25?,26?,27?,28?,29-,32?,33?/m1/s1. The van der Waals surface area contributed by atoms with E-state index in [1.807, 2.05) is 18.2 Å². The van der Waals surface area contributed by atoms with Gasteiger partial charge in [-0.25, -0.2) is 0 Å². The molecule has 0 aliphatic heterocycles. The van der Waals surface area contributed by atoms with Crippen LogP contribution in [0, 0.1) is 46.3 Å². The molecule has 0 spiro atoms. The van der Waals surface area contributed by atoms with Gasteiger partial charge in [0.1, 0.15) is 5.75 Å². The SMILES string of the molecule is CC(C)=CCCC(C)C1CCC2C3CCC4CC(Oc5ccc(N)cc5N)CCC4(C)[C@@H]3CCC12C. The Hall–Kier alpha value is -1.64. The molecule has 4 fully saturated rings. The van der Waals surface area contributed by atoms with Gasteiger partial charge in [-0.05, 0) is 149 Å². The molecule has 0 bridgehead atoms. The van der Waals surface area contributed by atoms with Gasteiger partial charge >= 0.3 is 0 Å². The Morgan fingerprint density at radius 2 is 1.75 bits per heavy atom. The molecule has 1 aromatic rings. The van der Waals surface area contributed by atoms with Gasteiger partial charge in [-0.3, -0.25) is 0 Å². The van der Waals surface area contributed by atoms with Crippen molar-refractivity contribution < 1.29 is 4.74 Å². The molecule has 4 N–H and O–H groups in total. The van der Waals surface area contributed by atoms with E-state index in [4.69, 9.17) is 16.2 Å². The molecule has 3 nitrogen and oxygen atoms in total. The number of fused-ring (bicyclic) bond motifs is 5. The fraction of sp³-hybridized carbons (Fsp3) is 0.758. The Kier molecular flexibility index (Phi) is 7.16. The molecule has 8 unspecified atom stereocenters. The maximum absolute atomic E-state index is 6.46. The van der Waals surface area contributed by atoms with Crippen LogP contribution in [0.1, 0.15) is 105 Å². The third-order valence-corrected chi connectivity index (χ3v) is 11.9. The Bertz CT molecular complexity index is 966. The second-order valence-corrected chi connectivity index (χ2v) is 14.0. The number of nitrogens with two attached hydrogens (primary N) is 2.